The maximum atomic E-state index is 3.84. The fourth-order valence-electron chi connectivity index (χ4n) is 5.52. The molecule has 4 saturated carbocycles. The van der Waals surface area contributed by atoms with E-state index in [1.54, 1.807) is 51.4 Å². The van der Waals surface area contributed by atoms with Crippen molar-refractivity contribution in [3.05, 3.63) is 0 Å². The number of alkyl halides is 1. The first-order chi connectivity index (χ1) is 7.78. The highest BCUT2D eigenvalue weighted by Gasteiger charge is 2.54. The zero-order chi connectivity index (χ0) is 10.8. The standard InChI is InChI=1S/C15H23Br/c16-9-15(7-13-5-14(13)8-15)6-12-4-10-1-2-11(12)3-10/h10-14H,1-9H2. The van der Waals surface area contributed by atoms with E-state index in [9.17, 15) is 0 Å². The van der Waals surface area contributed by atoms with Crippen LogP contribution >= 0.6 is 15.9 Å². The summed E-state index contributed by atoms with van der Waals surface area (Å²) in [5.74, 6) is 5.69. The van der Waals surface area contributed by atoms with E-state index in [2.05, 4.69) is 15.9 Å². The predicted octanol–water partition coefficient (Wildman–Crippen LogP) is 4.62. The molecule has 0 aromatic heterocycles. The van der Waals surface area contributed by atoms with Crippen LogP contribution in [0.25, 0.3) is 0 Å². The van der Waals surface area contributed by atoms with Crippen LogP contribution in [0, 0.1) is 35.0 Å². The van der Waals surface area contributed by atoms with Crippen molar-refractivity contribution in [2.45, 2.75) is 51.4 Å². The minimum atomic E-state index is 0.739. The first-order valence-corrected chi connectivity index (χ1v) is 8.46. The molecule has 2 bridgehead atoms. The van der Waals surface area contributed by atoms with Crippen LogP contribution in [0.3, 0.4) is 0 Å². The minimum absolute atomic E-state index is 0.739. The van der Waals surface area contributed by atoms with Gasteiger partial charge in [-0.25, -0.2) is 0 Å². The third kappa shape index (κ3) is 1.53. The molecule has 4 rings (SSSR count). The fourth-order valence-corrected chi connectivity index (χ4v) is 6.21. The van der Waals surface area contributed by atoms with Gasteiger partial charge in [0.2, 0.25) is 0 Å². The Morgan fingerprint density at radius 3 is 2.31 bits per heavy atom. The Kier molecular flexibility index (Phi) is 2.27. The third-order valence-corrected chi connectivity index (χ3v) is 7.51. The number of rotatable bonds is 3. The largest absolute Gasteiger partial charge is 0.0922 e. The van der Waals surface area contributed by atoms with Gasteiger partial charge in [0, 0.05) is 5.33 Å². The molecule has 4 aliphatic carbocycles. The van der Waals surface area contributed by atoms with Crippen molar-refractivity contribution in [3.63, 3.8) is 0 Å². The first kappa shape index (κ1) is 10.4. The van der Waals surface area contributed by atoms with Crippen molar-refractivity contribution in [2.24, 2.45) is 35.0 Å². The maximum Gasteiger partial charge on any atom is 0.00882 e. The van der Waals surface area contributed by atoms with Crippen LogP contribution in [0.15, 0.2) is 0 Å². The van der Waals surface area contributed by atoms with Crippen molar-refractivity contribution in [1.29, 1.82) is 0 Å². The van der Waals surface area contributed by atoms with Crippen LogP contribution in [0.5, 0.6) is 0 Å². The molecule has 16 heavy (non-hydrogen) atoms. The molecule has 90 valence electrons. The normalized spacial score (nSPS) is 57.9. The van der Waals surface area contributed by atoms with E-state index in [0.717, 1.165) is 35.0 Å². The minimum Gasteiger partial charge on any atom is -0.0922 e. The lowest BCUT2D eigenvalue weighted by molar-refractivity contribution is 0.185. The second kappa shape index (κ2) is 3.49. The summed E-state index contributed by atoms with van der Waals surface area (Å²) in [6.45, 7) is 0. The first-order valence-electron chi connectivity index (χ1n) is 7.34. The summed E-state index contributed by atoms with van der Waals surface area (Å²) in [7, 11) is 0. The number of halogens is 1. The molecule has 0 nitrogen and oxygen atoms in total. The Balaban J connectivity index is 1.45. The zero-order valence-corrected chi connectivity index (χ0v) is 11.7. The molecule has 0 heterocycles. The van der Waals surface area contributed by atoms with Gasteiger partial charge in [0.1, 0.15) is 0 Å². The van der Waals surface area contributed by atoms with Crippen molar-refractivity contribution >= 4 is 15.9 Å². The third-order valence-electron chi connectivity index (χ3n) is 6.32. The second-order valence-electron chi connectivity index (χ2n) is 7.44. The molecule has 0 saturated heterocycles. The van der Waals surface area contributed by atoms with Gasteiger partial charge in [-0.05, 0) is 80.0 Å². The van der Waals surface area contributed by atoms with Crippen LogP contribution in [0.4, 0.5) is 0 Å². The van der Waals surface area contributed by atoms with Crippen LogP contribution in [-0.2, 0) is 0 Å². The molecule has 0 amide bonds. The summed E-state index contributed by atoms with van der Waals surface area (Å²) in [5, 5.41) is 1.29. The Morgan fingerprint density at radius 1 is 0.938 bits per heavy atom. The fraction of sp³-hybridized carbons (Fsp3) is 1.00. The zero-order valence-electron chi connectivity index (χ0n) is 10.1. The molecule has 4 fully saturated rings. The van der Waals surface area contributed by atoms with Gasteiger partial charge in [-0.3, -0.25) is 0 Å². The molecule has 5 atom stereocenters. The molecule has 0 radical (unpaired) electrons. The number of hydrogen-bond donors (Lipinski definition) is 0. The van der Waals surface area contributed by atoms with Gasteiger partial charge in [-0.2, -0.15) is 0 Å². The highest BCUT2D eigenvalue weighted by atomic mass is 79.9. The molecule has 0 N–H and O–H groups in total. The van der Waals surface area contributed by atoms with Gasteiger partial charge >= 0.3 is 0 Å². The Bertz CT molecular complexity index is 288. The van der Waals surface area contributed by atoms with E-state index >= 15 is 0 Å². The van der Waals surface area contributed by atoms with Crippen molar-refractivity contribution in [2.75, 3.05) is 5.33 Å². The lowest BCUT2D eigenvalue weighted by Gasteiger charge is -2.35. The van der Waals surface area contributed by atoms with Crippen molar-refractivity contribution in [1.82, 2.24) is 0 Å². The van der Waals surface area contributed by atoms with E-state index in [-0.39, 0.29) is 0 Å². The molecule has 0 aromatic carbocycles. The molecule has 0 aliphatic heterocycles. The van der Waals surface area contributed by atoms with Crippen molar-refractivity contribution in [3.8, 4) is 0 Å². The quantitative estimate of drug-likeness (QED) is 0.663. The molecule has 0 spiro atoms. The van der Waals surface area contributed by atoms with Crippen LogP contribution in [0.1, 0.15) is 51.4 Å². The van der Waals surface area contributed by atoms with Crippen LogP contribution in [0.2, 0.25) is 0 Å². The molecule has 4 aliphatic rings. The summed E-state index contributed by atoms with van der Waals surface area (Å²) >= 11 is 3.84. The van der Waals surface area contributed by atoms with E-state index in [1.807, 2.05) is 0 Å². The maximum absolute atomic E-state index is 3.84. The Morgan fingerprint density at radius 2 is 1.75 bits per heavy atom. The molecule has 1 heteroatoms. The van der Waals surface area contributed by atoms with Crippen LogP contribution in [-0.4, -0.2) is 5.33 Å². The highest BCUT2D eigenvalue weighted by molar-refractivity contribution is 9.09. The van der Waals surface area contributed by atoms with E-state index < -0.39 is 0 Å². The average molecular weight is 283 g/mol. The molecule has 0 aromatic rings. The number of fused-ring (bicyclic) bond motifs is 3. The lowest BCUT2D eigenvalue weighted by atomic mass is 9.72. The Hall–Kier alpha value is 0.480. The summed E-state index contributed by atoms with van der Waals surface area (Å²) in [6.07, 6.45) is 12.6. The van der Waals surface area contributed by atoms with Gasteiger partial charge in [0.15, 0.2) is 0 Å². The van der Waals surface area contributed by atoms with Gasteiger partial charge in [-0.1, -0.05) is 22.4 Å². The molecule has 5 unspecified atom stereocenters. The van der Waals surface area contributed by atoms with Crippen LogP contribution < -0.4 is 0 Å². The topological polar surface area (TPSA) is 0 Å². The van der Waals surface area contributed by atoms with E-state index in [4.69, 9.17) is 0 Å². The summed E-state index contributed by atoms with van der Waals surface area (Å²) < 4.78 is 0. The van der Waals surface area contributed by atoms with Crippen molar-refractivity contribution < 1.29 is 0 Å². The van der Waals surface area contributed by atoms with Gasteiger partial charge < -0.3 is 0 Å². The van der Waals surface area contributed by atoms with Gasteiger partial charge in [-0.15, -0.1) is 0 Å². The second-order valence-corrected chi connectivity index (χ2v) is 8.00. The van der Waals surface area contributed by atoms with Gasteiger partial charge in [0.25, 0.3) is 0 Å². The summed E-state index contributed by atoms with van der Waals surface area (Å²) in [6, 6.07) is 0. The lowest BCUT2D eigenvalue weighted by Crippen LogP contribution is -2.26. The van der Waals surface area contributed by atoms with Gasteiger partial charge in [0.05, 0.1) is 0 Å². The highest BCUT2D eigenvalue weighted by Crippen LogP contribution is 2.64. The molecular weight excluding hydrogens is 260 g/mol. The monoisotopic (exact) mass is 282 g/mol. The number of hydrogen-bond acceptors (Lipinski definition) is 0. The smallest absolute Gasteiger partial charge is 0.00882 e. The summed E-state index contributed by atoms with van der Waals surface area (Å²) in [5.41, 5.74) is 0.739. The average Bonchev–Trinajstić information content (AvgIpc) is 2.75. The predicted molar refractivity (Wildman–Crippen MR) is 70.6 cm³/mol. The van der Waals surface area contributed by atoms with E-state index in [0.29, 0.717) is 0 Å². The SMILES string of the molecule is BrCC1(CC2CC3CCC2C3)CC2CC2C1. The molecular formula is C15H23Br. The summed E-state index contributed by atoms with van der Waals surface area (Å²) in [4.78, 5) is 0. The Labute approximate surface area is 108 Å². The van der Waals surface area contributed by atoms with E-state index in [1.165, 1.54) is 5.33 Å².